The Morgan fingerprint density at radius 2 is 1.71 bits per heavy atom. The van der Waals surface area contributed by atoms with Crippen LogP contribution in [-0.2, 0) is 16.0 Å². The molecule has 3 aromatic rings. The minimum absolute atomic E-state index is 0.0729. The van der Waals surface area contributed by atoms with Crippen LogP contribution in [-0.4, -0.2) is 48.9 Å². The predicted octanol–water partition coefficient (Wildman–Crippen LogP) is 4.11. The molecule has 4 rings (SSSR count). The number of amides is 3. The highest BCUT2D eigenvalue weighted by atomic mass is 16.5. The summed E-state index contributed by atoms with van der Waals surface area (Å²) in [4.78, 5) is 42.7. The Balaban J connectivity index is 1.62. The molecule has 1 aliphatic heterocycles. The first-order valence-electron chi connectivity index (χ1n) is 11.6. The minimum atomic E-state index is -0.892. The van der Waals surface area contributed by atoms with Gasteiger partial charge in [-0.05, 0) is 61.4 Å². The van der Waals surface area contributed by atoms with Crippen LogP contribution in [0, 0.1) is 0 Å². The normalized spacial score (nSPS) is 15.3. The number of methoxy groups -OCH3 is 1. The fraction of sp³-hybridized carbons (Fsp3) is 0.250. The molecule has 1 atom stereocenters. The van der Waals surface area contributed by atoms with Gasteiger partial charge in [0.15, 0.2) is 0 Å². The van der Waals surface area contributed by atoms with Crippen LogP contribution in [0.1, 0.15) is 29.3 Å². The van der Waals surface area contributed by atoms with Crippen molar-refractivity contribution in [3.63, 3.8) is 0 Å². The van der Waals surface area contributed by atoms with E-state index < -0.39 is 11.9 Å². The van der Waals surface area contributed by atoms with Gasteiger partial charge in [0.2, 0.25) is 5.91 Å². The van der Waals surface area contributed by atoms with E-state index in [9.17, 15) is 14.4 Å². The van der Waals surface area contributed by atoms with Gasteiger partial charge in [0.05, 0.1) is 25.8 Å². The molecule has 180 valence electrons. The van der Waals surface area contributed by atoms with E-state index in [2.05, 4.69) is 0 Å². The summed E-state index contributed by atoms with van der Waals surface area (Å²) in [6, 6.07) is 22.5. The maximum Gasteiger partial charge on any atom is 0.257 e. The van der Waals surface area contributed by atoms with E-state index in [1.807, 2.05) is 37.3 Å². The number of ether oxygens (including phenoxy) is 2. The summed E-state index contributed by atoms with van der Waals surface area (Å²) in [6.07, 6.45) is 0.480. The molecule has 0 aliphatic carbocycles. The third-order valence-corrected chi connectivity index (χ3v) is 5.97. The molecule has 1 unspecified atom stereocenters. The average molecular weight is 473 g/mol. The first-order chi connectivity index (χ1) is 17.0. The molecular weight excluding hydrogens is 444 g/mol. The van der Waals surface area contributed by atoms with Crippen LogP contribution >= 0.6 is 0 Å². The molecule has 1 aliphatic rings. The fourth-order valence-corrected chi connectivity index (χ4v) is 4.20. The number of nitrogens with zero attached hydrogens (tertiary/aromatic N) is 2. The van der Waals surface area contributed by atoms with Gasteiger partial charge in [-0.15, -0.1) is 0 Å². The number of rotatable bonds is 9. The quantitative estimate of drug-likeness (QED) is 0.438. The van der Waals surface area contributed by atoms with Gasteiger partial charge in [0.1, 0.15) is 17.5 Å². The van der Waals surface area contributed by atoms with Crippen molar-refractivity contribution in [2.24, 2.45) is 0 Å². The summed E-state index contributed by atoms with van der Waals surface area (Å²) < 4.78 is 10.7. The lowest BCUT2D eigenvalue weighted by Crippen LogP contribution is -2.46. The molecule has 1 heterocycles. The van der Waals surface area contributed by atoms with Gasteiger partial charge in [-0.2, -0.15) is 0 Å². The van der Waals surface area contributed by atoms with Crippen LogP contribution in [0.5, 0.6) is 11.5 Å². The minimum Gasteiger partial charge on any atom is -0.497 e. The first kappa shape index (κ1) is 24.0. The van der Waals surface area contributed by atoms with E-state index in [-0.39, 0.29) is 18.2 Å². The van der Waals surface area contributed by atoms with Gasteiger partial charge in [0, 0.05) is 12.1 Å². The highest BCUT2D eigenvalue weighted by Gasteiger charge is 2.44. The first-order valence-corrected chi connectivity index (χ1v) is 11.6. The molecule has 0 radical (unpaired) electrons. The molecule has 0 saturated carbocycles. The lowest BCUT2D eigenvalue weighted by molar-refractivity contribution is -0.122. The predicted molar refractivity (Wildman–Crippen MR) is 133 cm³/mol. The van der Waals surface area contributed by atoms with E-state index in [0.717, 1.165) is 10.5 Å². The lowest BCUT2D eigenvalue weighted by Gasteiger charge is -2.28. The van der Waals surface area contributed by atoms with Gasteiger partial charge < -0.3 is 14.4 Å². The maximum absolute atomic E-state index is 13.6. The third kappa shape index (κ3) is 5.35. The van der Waals surface area contributed by atoms with E-state index in [1.165, 1.54) is 12.0 Å². The largest absolute Gasteiger partial charge is 0.497 e. The molecule has 1 saturated heterocycles. The summed E-state index contributed by atoms with van der Waals surface area (Å²) >= 11 is 0. The topological polar surface area (TPSA) is 76.2 Å². The number of imide groups is 1. The average Bonchev–Trinajstić information content (AvgIpc) is 3.18. The Hall–Kier alpha value is -4.13. The summed E-state index contributed by atoms with van der Waals surface area (Å²) in [5.41, 5.74) is 1.90. The zero-order valence-corrected chi connectivity index (χ0v) is 19.8. The van der Waals surface area contributed by atoms with Gasteiger partial charge in [-0.1, -0.05) is 36.4 Å². The van der Waals surface area contributed by atoms with E-state index in [1.54, 1.807) is 48.5 Å². The Morgan fingerprint density at radius 3 is 2.40 bits per heavy atom. The van der Waals surface area contributed by atoms with Crippen LogP contribution < -0.4 is 14.4 Å². The van der Waals surface area contributed by atoms with Gasteiger partial charge >= 0.3 is 0 Å². The second kappa shape index (κ2) is 10.9. The highest BCUT2D eigenvalue weighted by Crippen LogP contribution is 2.29. The van der Waals surface area contributed by atoms with Crippen LogP contribution in [0.15, 0.2) is 78.9 Å². The molecule has 0 bridgehead atoms. The van der Waals surface area contributed by atoms with Crippen molar-refractivity contribution in [1.29, 1.82) is 0 Å². The molecule has 0 aromatic heterocycles. The Bertz CT molecular complexity index is 1190. The summed E-state index contributed by atoms with van der Waals surface area (Å²) in [5, 5.41) is 0. The summed E-state index contributed by atoms with van der Waals surface area (Å²) in [5.74, 6) is 0.128. The zero-order chi connectivity index (χ0) is 24.8. The molecule has 35 heavy (non-hydrogen) atoms. The third-order valence-electron chi connectivity index (χ3n) is 5.97. The second-order valence-corrected chi connectivity index (χ2v) is 8.18. The van der Waals surface area contributed by atoms with Crippen LogP contribution in [0.25, 0.3) is 0 Å². The molecular formula is C28H28N2O5. The van der Waals surface area contributed by atoms with E-state index in [4.69, 9.17) is 9.47 Å². The second-order valence-electron chi connectivity index (χ2n) is 8.18. The SMILES string of the molecule is CCOc1ccc(N2C(=O)CC(N(CCc3ccccc3)C(=O)c3cccc(OC)c3)C2=O)cc1. The number of hydrogen-bond donors (Lipinski definition) is 0. The van der Waals surface area contributed by atoms with Gasteiger partial charge in [0.25, 0.3) is 11.8 Å². The van der Waals surface area contributed by atoms with E-state index in [0.29, 0.717) is 42.3 Å². The molecule has 0 N–H and O–H groups in total. The van der Waals surface area contributed by atoms with Crippen molar-refractivity contribution in [2.75, 3.05) is 25.2 Å². The van der Waals surface area contributed by atoms with Gasteiger partial charge in [-0.25, -0.2) is 4.90 Å². The molecule has 7 nitrogen and oxygen atoms in total. The molecule has 1 fully saturated rings. The van der Waals surface area contributed by atoms with Crippen LogP contribution in [0.4, 0.5) is 5.69 Å². The Labute approximate surface area is 204 Å². The lowest BCUT2D eigenvalue weighted by atomic mass is 10.1. The fourth-order valence-electron chi connectivity index (χ4n) is 4.20. The van der Waals surface area contributed by atoms with Crippen molar-refractivity contribution in [1.82, 2.24) is 4.90 Å². The number of carbonyl (C=O) groups is 3. The van der Waals surface area contributed by atoms with Crippen molar-refractivity contribution in [2.45, 2.75) is 25.8 Å². The van der Waals surface area contributed by atoms with Crippen molar-refractivity contribution >= 4 is 23.4 Å². The highest BCUT2D eigenvalue weighted by molar-refractivity contribution is 6.23. The summed E-state index contributed by atoms with van der Waals surface area (Å²) in [7, 11) is 1.53. The zero-order valence-electron chi connectivity index (χ0n) is 19.8. The standard InChI is InChI=1S/C28H28N2O5/c1-3-35-23-14-12-22(13-15-23)30-26(31)19-25(28(30)33)29(17-16-20-8-5-4-6-9-20)27(32)21-10-7-11-24(18-21)34-2/h4-15,18,25H,3,16-17,19H2,1-2H3. The monoisotopic (exact) mass is 472 g/mol. The number of hydrogen-bond acceptors (Lipinski definition) is 5. The molecule has 0 spiro atoms. The smallest absolute Gasteiger partial charge is 0.257 e. The summed E-state index contributed by atoms with van der Waals surface area (Å²) in [6.45, 7) is 2.70. The Kier molecular flexibility index (Phi) is 7.45. The van der Waals surface area contributed by atoms with Crippen molar-refractivity contribution in [3.05, 3.63) is 90.0 Å². The van der Waals surface area contributed by atoms with Crippen molar-refractivity contribution in [3.8, 4) is 11.5 Å². The van der Waals surface area contributed by atoms with Gasteiger partial charge in [-0.3, -0.25) is 14.4 Å². The van der Waals surface area contributed by atoms with Crippen molar-refractivity contribution < 1.29 is 23.9 Å². The van der Waals surface area contributed by atoms with E-state index >= 15 is 0 Å². The maximum atomic E-state index is 13.6. The molecule has 7 heteroatoms. The number of carbonyl (C=O) groups excluding carboxylic acids is 3. The molecule has 3 amide bonds. The Morgan fingerprint density at radius 1 is 0.971 bits per heavy atom. The van der Waals surface area contributed by atoms with Crippen LogP contribution in [0.2, 0.25) is 0 Å². The van der Waals surface area contributed by atoms with Crippen LogP contribution in [0.3, 0.4) is 0 Å². The molecule has 3 aromatic carbocycles. The number of anilines is 1. The number of benzene rings is 3.